The largest absolute Gasteiger partial charge is 0.344 e. The average molecular weight is 294 g/mol. The SMILES string of the molecule is Cc1cccc(-c2noc(C(=O)NCc3cccnc3)n2)c1. The minimum atomic E-state index is -0.407. The molecule has 0 bridgehead atoms. The zero-order valence-electron chi connectivity index (χ0n) is 12.0. The number of nitrogens with one attached hydrogen (secondary N) is 1. The number of carbonyl (C=O) groups excluding carboxylic acids is 1. The molecule has 3 rings (SSSR count). The van der Waals surface area contributed by atoms with Crippen LogP contribution in [0.4, 0.5) is 0 Å². The van der Waals surface area contributed by atoms with Crippen molar-refractivity contribution in [3.8, 4) is 11.4 Å². The Hall–Kier alpha value is -3.02. The second-order valence-corrected chi connectivity index (χ2v) is 4.84. The summed E-state index contributed by atoms with van der Waals surface area (Å²) in [6, 6.07) is 11.4. The summed E-state index contributed by atoms with van der Waals surface area (Å²) in [5.74, 6) is -0.0640. The summed E-state index contributed by atoms with van der Waals surface area (Å²) in [4.78, 5) is 20.1. The van der Waals surface area contributed by atoms with Crippen molar-refractivity contribution in [3.63, 3.8) is 0 Å². The van der Waals surface area contributed by atoms with Crippen molar-refractivity contribution in [2.75, 3.05) is 0 Å². The lowest BCUT2D eigenvalue weighted by molar-refractivity contribution is 0.0907. The molecule has 1 amide bonds. The van der Waals surface area contributed by atoms with Crippen molar-refractivity contribution in [3.05, 3.63) is 65.8 Å². The van der Waals surface area contributed by atoms with E-state index < -0.39 is 5.91 Å². The summed E-state index contributed by atoms with van der Waals surface area (Å²) >= 11 is 0. The number of nitrogens with zero attached hydrogens (tertiary/aromatic N) is 3. The van der Waals surface area contributed by atoms with Crippen LogP contribution in [0.5, 0.6) is 0 Å². The number of amides is 1. The highest BCUT2D eigenvalue weighted by atomic mass is 16.5. The maximum absolute atomic E-state index is 12.0. The van der Waals surface area contributed by atoms with E-state index in [1.54, 1.807) is 12.4 Å². The Morgan fingerprint density at radius 3 is 2.95 bits per heavy atom. The van der Waals surface area contributed by atoms with Crippen LogP contribution < -0.4 is 5.32 Å². The van der Waals surface area contributed by atoms with Gasteiger partial charge in [0.05, 0.1) is 0 Å². The van der Waals surface area contributed by atoms with Crippen molar-refractivity contribution in [2.24, 2.45) is 0 Å². The van der Waals surface area contributed by atoms with Crippen molar-refractivity contribution in [2.45, 2.75) is 13.5 Å². The van der Waals surface area contributed by atoms with E-state index >= 15 is 0 Å². The molecule has 2 heterocycles. The number of benzene rings is 1. The van der Waals surface area contributed by atoms with Gasteiger partial charge in [0.15, 0.2) is 0 Å². The third kappa shape index (κ3) is 3.17. The molecule has 3 aromatic rings. The summed E-state index contributed by atoms with van der Waals surface area (Å²) in [6.45, 7) is 2.33. The van der Waals surface area contributed by atoms with Crippen LogP contribution in [0.1, 0.15) is 21.8 Å². The van der Waals surface area contributed by atoms with Crippen molar-refractivity contribution in [1.29, 1.82) is 0 Å². The van der Waals surface area contributed by atoms with Gasteiger partial charge in [0, 0.05) is 24.5 Å². The molecular weight excluding hydrogens is 280 g/mol. The van der Waals surface area contributed by atoms with Gasteiger partial charge in [0.2, 0.25) is 5.82 Å². The molecule has 0 saturated heterocycles. The molecule has 0 fully saturated rings. The molecule has 0 spiro atoms. The zero-order valence-corrected chi connectivity index (χ0v) is 12.0. The Morgan fingerprint density at radius 2 is 2.18 bits per heavy atom. The first-order valence-corrected chi connectivity index (χ1v) is 6.80. The predicted octanol–water partition coefficient (Wildman–Crippen LogP) is 2.37. The second kappa shape index (κ2) is 6.17. The van der Waals surface area contributed by atoms with Gasteiger partial charge < -0.3 is 9.84 Å². The van der Waals surface area contributed by atoms with Gasteiger partial charge in [-0.1, -0.05) is 35.0 Å². The minimum absolute atomic E-state index is 0.0552. The number of aryl methyl sites for hydroxylation is 1. The highest BCUT2D eigenvalue weighted by molar-refractivity contribution is 5.89. The molecule has 110 valence electrons. The van der Waals surface area contributed by atoms with Crippen molar-refractivity contribution in [1.82, 2.24) is 20.4 Å². The van der Waals surface area contributed by atoms with E-state index in [-0.39, 0.29) is 5.89 Å². The van der Waals surface area contributed by atoms with Gasteiger partial charge in [-0.2, -0.15) is 4.98 Å². The average Bonchev–Trinajstić information content (AvgIpc) is 3.04. The molecule has 0 unspecified atom stereocenters. The van der Waals surface area contributed by atoms with E-state index in [1.165, 1.54) is 0 Å². The third-order valence-corrected chi connectivity index (χ3v) is 3.07. The van der Waals surface area contributed by atoms with E-state index in [1.807, 2.05) is 43.3 Å². The highest BCUT2D eigenvalue weighted by Gasteiger charge is 2.15. The molecule has 0 radical (unpaired) electrons. The summed E-state index contributed by atoms with van der Waals surface area (Å²) in [5, 5.41) is 6.56. The monoisotopic (exact) mass is 294 g/mol. The second-order valence-electron chi connectivity index (χ2n) is 4.84. The lowest BCUT2D eigenvalue weighted by Crippen LogP contribution is -2.23. The summed E-state index contributed by atoms with van der Waals surface area (Å²) in [7, 11) is 0. The number of hydrogen-bond donors (Lipinski definition) is 1. The number of aromatic nitrogens is 3. The molecule has 1 N–H and O–H groups in total. The summed E-state index contributed by atoms with van der Waals surface area (Å²) in [5.41, 5.74) is 2.80. The minimum Gasteiger partial charge on any atom is -0.344 e. The van der Waals surface area contributed by atoms with Crippen LogP contribution in [-0.2, 0) is 6.54 Å². The zero-order chi connectivity index (χ0) is 15.4. The highest BCUT2D eigenvalue weighted by Crippen LogP contribution is 2.16. The normalized spacial score (nSPS) is 10.4. The topological polar surface area (TPSA) is 80.9 Å². The van der Waals surface area contributed by atoms with Crippen molar-refractivity contribution < 1.29 is 9.32 Å². The fraction of sp³-hybridized carbons (Fsp3) is 0.125. The molecular formula is C16H14N4O2. The Bertz CT molecular complexity index is 784. The van der Waals surface area contributed by atoms with Gasteiger partial charge in [-0.25, -0.2) is 0 Å². The van der Waals surface area contributed by atoms with E-state index in [9.17, 15) is 4.79 Å². The first-order chi connectivity index (χ1) is 10.7. The van der Waals surface area contributed by atoms with Crippen LogP contribution >= 0.6 is 0 Å². The summed E-state index contributed by atoms with van der Waals surface area (Å²) in [6.07, 6.45) is 3.36. The standard InChI is InChI=1S/C16H14N4O2/c1-11-4-2-6-13(8-11)14-19-16(22-20-14)15(21)18-10-12-5-3-7-17-9-12/h2-9H,10H2,1H3,(H,18,21). The number of carbonyl (C=O) groups is 1. The molecule has 0 aliphatic heterocycles. The number of rotatable bonds is 4. The van der Waals surface area contributed by atoms with Gasteiger partial charge in [-0.15, -0.1) is 0 Å². The molecule has 0 aliphatic carbocycles. The van der Waals surface area contributed by atoms with Crippen LogP contribution in [0, 0.1) is 6.92 Å². The van der Waals surface area contributed by atoms with Crippen LogP contribution in [0.25, 0.3) is 11.4 Å². The predicted molar refractivity (Wildman–Crippen MR) is 79.9 cm³/mol. The van der Waals surface area contributed by atoms with Gasteiger partial charge in [0.1, 0.15) is 0 Å². The summed E-state index contributed by atoms with van der Waals surface area (Å²) < 4.78 is 5.02. The van der Waals surface area contributed by atoms with Gasteiger partial charge in [-0.05, 0) is 24.6 Å². The van der Waals surface area contributed by atoms with E-state index in [0.717, 1.165) is 16.7 Å². The Labute approximate surface area is 127 Å². The number of hydrogen-bond acceptors (Lipinski definition) is 5. The Morgan fingerprint density at radius 1 is 1.27 bits per heavy atom. The lowest BCUT2D eigenvalue weighted by atomic mass is 10.1. The van der Waals surface area contributed by atoms with Crippen LogP contribution in [0.15, 0.2) is 53.3 Å². The van der Waals surface area contributed by atoms with Crippen LogP contribution in [0.2, 0.25) is 0 Å². The molecule has 0 saturated carbocycles. The van der Waals surface area contributed by atoms with Gasteiger partial charge in [0.25, 0.3) is 0 Å². The quantitative estimate of drug-likeness (QED) is 0.799. The van der Waals surface area contributed by atoms with Gasteiger partial charge in [-0.3, -0.25) is 9.78 Å². The third-order valence-electron chi connectivity index (χ3n) is 3.07. The first kappa shape index (κ1) is 13.9. The van der Waals surface area contributed by atoms with Crippen LogP contribution in [0.3, 0.4) is 0 Å². The van der Waals surface area contributed by atoms with Crippen molar-refractivity contribution >= 4 is 5.91 Å². The first-order valence-electron chi connectivity index (χ1n) is 6.80. The lowest BCUT2D eigenvalue weighted by Gasteiger charge is -2.00. The van der Waals surface area contributed by atoms with Gasteiger partial charge >= 0.3 is 11.8 Å². The molecule has 1 aromatic carbocycles. The fourth-order valence-corrected chi connectivity index (χ4v) is 1.98. The smallest absolute Gasteiger partial charge is 0.316 e. The molecule has 0 atom stereocenters. The molecule has 6 heteroatoms. The van der Waals surface area contributed by atoms with E-state index in [4.69, 9.17) is 4.52 Å². The number of pyridine rings is 1. The molecule has 0 aliphatic rings. The molecule has 22 heavy (non-hydrogen) atoms. The Balaban J connectivity index is 1.69. The fourth-order valence-electron chi connectivity index (χ4n) is 1.98. The maximum atomic E-state index is 12.0. The molecule has 6 nitrogen and oxygen atoms in total. The van der Waals surface area contributed by atoms with Crippen LogP contribution in [-0.4, -0.2) is 21.0 Å². The van der Waals surface area contributed by atoms with E-state index in [0.29, 0.717) is 12.4 Å². The molecule has 2 aromatic heterocycles. The maximum Gasteiger partial charge on any atom is 0.316 e. The van der Waals surface area contributed by atoms with E-state index in [2.05, 4.69) is 20.4 Å². The Kier molecular flexibility index (Phi) is 3.91.